The summed E-state index contributed by atoms with van der Waals surface area (Å²) >= 11 is 0. The molecule has 1 aromatic carbocycles. The molecule has 7 nitrogen and oxygen atoms in total. The second kappa shape index (κ2) is 8.21. The van der Waals surface area contributed by atoms with E-state index in [0.29, 0.717) is 5.69 Å². The summed E-state index contributed by atoms with van der Waals surface area (Å²) in [5.74, 6) is 0.0191. The van der Waals surface area contributed by atoms with Gasteiger partial charge in [-0.25, -0.2) is 0 Å². The molecular formula is C22H28N6O. The van der Waals surface area contributed by atoms with Crippen LogP contribution in [0.1, 0.15) is 27.4 Å². The minimum atomic E-state index is 0.0191. The van der Waals surface area contributed by atoms with Gasteiger partial charge in [0.25, 0.3) is 5.91 Å². The Bertz CT molecular complexity index is 982. The van der Waals surface area contributed by atoms with E-state index in [1.54, 1.807) is 0 Å². The first-order chi connectivity index (χ1) is 14.0. The van der Waals surface area contributed by atoms with Gasteiger partial charge in [0.05, 0.1) is 11.4 Å². The van der Waals surface area contributed by atoms with E-state index in [2.05, 4.69) is 44.5 Å². The topological polar surface area (TPSA) is 70.1 Å². The highest BCUT2D eigenvalue weighted by Gasteiger charge is 2.24. The number of hydrogen-bond donors (Lipinski definition) is 1. The van der Waals surface area contributed by atoms with Crippen molar-refractivity contribution in [3.05, 3.63) is 59.0 Å². The first kappa shape index (κ1) is 19.4. The maximum Gasteiger partial charge on any atom is 0.271 e. The Morgan fingerprint density at radius 2 is 1.83 bits per heavy atom. The summed E-state index contributed by atoms with van der Waals surface area (Å²) in [5.41, 5.74) is 5.63. The lowest BCUT2D eigenvalue weighted by atomic mass is 10.1. The minimum Gasteiger partial charge on any atom is -0.335 e. The van der Waals surface area contributed by atoms with Crippen molar-refractivity contribution in [3.8, 4) is 11.3 Å². The van der Waals surface area contributed by atoms with Crippen LogP contribution in [-0.4, -0.2) is 68.4 Å². The van der Waals surface area contributed by atoms with Crippen LogP contribution in [0.5, 0.6) is 0 Å². The molecule has 4 rings (SSSR count). The molecule has 152 valence electrons. The molecule has 2 aromatic heterocycles. The number of aromatic amines is 1. The summed E-state index contributed by atoms with van der Waals surface area (Å²) in [4.78, 5) is 17.3. The van der Waals surface area contributed by atoms with Crippen molar-refractivity contribution >= 4 is 5.91 Å². The third-order valence-corrected chi connectivity index (χ3v) is 5.79. The molecule has 0 atom stereocenters. The Morgan fingerprint density at radius 1 is 1.10 bits per heavy atom. The van der Waals surface area contributed by atoms with Gasteiger partial charge in [-0.2, -0.15) is 10.2 Å². The van der Waals surface area contributed by atoms with Crippen LogP contribution in [0.2, 0.25) is 0 Å². The summed E-state index contributed by atoms with van der Waals surface area (Å²) in [6.45, 7) is 8.30. The molecule has 0 radical (unpaired) electrons. The molecule has 1 amide bonds. The highest BCUT2D eigenvalue weighted by molar-refractivity contribution is 5.93. The van der Waals surface area contributed by atoms with E-state index < -0.39 is 0 Å². The third-order valence-electron chi connectivity index (χ3n) is 5.79. The van der Waals surface area contributed by atoms with Gasteiger partial charge in [-0.05, 0) is 31.9 Å². The number of benzene rings is 1. The van der Waals surface area contributed by atoms with E-state index in [-0.39, 0.29) is 5.91 Å². The average Bonchev–Trinajstić information content (AvgIpc) is 3.31. The van der Waals surface area contributed by atoms with Gasteiger partial charge in [0.2, 0.25) is 0 Å². The Hall–Kier alpha value is -2.93. The van der Waals surface area contributed by atoms with Crippen LogP contribution in [0, 0.1) is 13.8 Å². The number of hydrogen-bond acceptors (Lipinski definition) is 4. The zero-order valence-corrected chi connectivity index (χ0v) is 17.4. The number of carbonyl (C=O) groups is 1. The zero-order chi connectivity index (χ0) is 20.4. The van der Waals surface area contributed by atoms with Crippen molar-refractivity contribution in [3.63, 3.8) is 0 Å². The summed E-state index contributed by atoms with van der Waals surface area (Å²) < 4.78 is 1.84. The van der Waals surface area contributed by atoms with Gasteiger partial charge in [0.1, 0.15) is 5.69 Å². The molecule has 3 heterocycles. The summed E-state index contributed by atoms with van der Waals surface area (Å²) in [5, 5.41) is 11.8. The van der Waals surface area contributed by atoms with Gasteiger partial charge >= 0.3 is 0 Å². The fraction of sp³-hybridized carbons (Fsp3) is 0.409. The van der Waals surface area contributed by atoms with Gasteiger partial charge < -0.3 is 4.90 Å². The smallest absolute Gasteiger partial charge is 0.271 e. The lowest BCUT2D eigenvalue weighted by Crippen LogP contribution is -2.49. The average molecular weight is 393 g/mol. The molecule has 1 aliphatic rings. The van der Waals surface area contributed by atoms with Crippen molar-refractivity contribution in [1.82, 2.24) is 29.8 Å². The van der Waals surface area contributed by atoms with Crippen LogP contribution in [-0.2, 0) is 13.5 Å². The van der Waals surface area contributed by atoms with Crippen LogP contribution in [0.4, 0.5) is 0 Å². The van der Waals surface area contributed by atoms with Crippen molar-refractivity contribution in [2.75, 3.05) is 32.7 Å². The molecule has 1 N–H and O–H groups in total. The molecule has 1 saturated heterocycles. The number of carbonyl (C=O) groups excluding carboxylic acids is 1. The quantitative estimate of drug-likeness (QED) is 0.724. The van der Waals surface area contributed by atoms with Crippen LogP contribution in [0.25, 0.3) is 11.3 Å². The van der Waals surface area contributed by atoms with E-state index in [0.717, 1.165) is 61.8 Å². The molecule has 29 heavy (non-hydrogen) atoms. The van der Waals surface area contributed by atoms with E-state index in [1.165, 1.54) is 5.56 Å². The van der Waals surface area contributed by atoms with E-state index >= 15 is 0 Å². The number of rotatable bonds is 5. The van der Waals surface area contributed by atoms with Gasteiger partial charge in [-0.1, -0.05) is 30.3 Å². The van der Waals surface area contributed by atoms with Crippen LogP contribution in [0.15, 0.2) is 36.4 Å². The zero-order valence-electron chi connectivity index (χ0n) is 17.4. The lowest BCUT2D eigenvalue weighted by Gasteiger charge is -2.34. The Kier molecular flexibility index (Phi) is 5.49. The SMILES string of the molecule is Cc1nn(C)c(C)c1-c1cc(C(=O)N2CCN(CCc3ccccc3)CC2)[nH]n1. The molecule has 0 bridgehead atoms. The van der Waals surface area contributed by atoms with Gasteiger partial charge in [0, 0.05) is 51.0 Å². The van der Waals surface area contributed by atoms with E-state index in [1.807, 2.05) is 42.6 Å². The van der Waals surface area contributed by atoms with Crippen LogP contribution >= 0.6 is 0 Å². The predicted octanol–water partition coefficient (Wildman–Crippen LogP) is 2.43. The first-order valence-corrected chi connectivity index (χ1v) is 10.1. The number of nitrogens with one attached hydrogen (secondary N) is 1. The summed E-state index contributed by atoms with van der Waals surface area (Å²) in [7, 11) is 1.92. The number of amides is 1. The molecule has 1 aliphatic heterocycles. The second-order valence-corrected chi connectivity index (χ2v) is 7.71. The first-order valence-electron chi connectivity index (χ1n) is 10.1. The van der Waals surface area contributed by atoms with Crippen molar-refractivity contribution in [2.45, 2.75) is 20.3 Å². The molecule has 0 aliphatic carbocycles. The number of piperazine rings is 1. The third kappa shape index (κ3) is 4.10. The normalized spacial score (nSPS) is 15.1. The van der Waals surface area contributed by atoms with Crippen LogP contribution in [0.3, 0.4) is 0 Å². The number of aryl methyl sites for hydroxylation is 2. The second-order valence-electron chi connectivity index (χ2n) is 7.71. The molecule has 3 aromatic rings. The standard InChI is InChI=1S/C22H28N6O/c1-16-21(17(2)26(3)25-16)19-15-20(24-23-19)22(29)28-13-11-27(12-14-28)10-9-18-7-5-4-6-8-18/h4-8,15H,9-14H2,1-3H3,(H,23,24). The van der Waals surface area contributed by atoms with Crippen molar-refractivity contribution in [2.24, 2.45) is 7.05 Å². The highest BCUT2D eigenvalue weighted by Crippen LogP contribution is 2.25. The molecule has 0 unspecified atom stereocenters. The predicted molar refractivity (Wildman–Crippen MR) is 113 cm³/mol. The number of aromatic nitrogens is 4. The number of H-pyrrole nitrogens is 1. The molecule has 1 fully saturated rings. The maximum absolute atomic E-state index is 12.9. The Morgan fingerprint density at radius 3 is 2.48 bits per heavy atom. The fourth-order valence-electron chi connectivity index (χ4n) is 3.98. The van der Waals surface area contributed by atoms with Crippen molar-refractivity contribution in [1.29, 1.82) is 0 Å². The molecule has 7 heteroatoms. The Labute approximate surface area is 171 Å². The van der Waals surface area contributed by atoms with Gasteiger partial charge in [-0.3, -0.25) is 19.5 Å². The minimum absolute atomic E-state index is 0.0191. The van der Waals surface area contributed by atoms with E-state index in [4.69, 9.17) is 0 Å². The monoisotopic (exact) mass is 392 g/mol. The summed E-state index contributed by atoms with van der Waals surface area (Å²) in [6, 6.07) is 12.4. The number of nitrogens with zero attached hydrogens (tertiary/aromatic N) is 5. The summed E-state index contributed by atoms with van der Waals surface area (Å²) in [6.07, 6.45) is 1.04. The lowest BCUT2D eigenvalue weighted by molar-refractivity contribution is 0.0632. The van der Waals surface area contributed by atoms with Crippen LogP contribution < -0.4 is 0 Å². The maximum atomic E-state index is 12.9. The fourth-order valence-corrected chi connectivity index (χ4v) is 3.98. The van der Waals surface area contributed by atoms with E-state index in [9.17, 15) is 4.79 Å². The van der Waals surface area contributed by atoms with Gasteiger partial charge in [-0.15, -0.1) is 0 Å². The van der Waals surface area contributed by atoms with Crippen molar-refractivity contribution < 1.29 is 4.79 Å². The van der Waals surface area contributed by atoms with Gasteiger partial charge in [0.15, 0.2) is 0 Å². The molecule has 0 saturated carbocycles. The Balaban J connectivity index is 1.35. The largest absolute Gasteiger partial charge is 0.335 e. The highest BCUT2D eigenvalue weighted by atomic mass is 16.2. The molecular weight excluding hydrogens is 364 g/mol. The molecule has 0 spiro atoms.